The first-order valence-electron chi connectivity index (χ1n) is 12.9. The van der Waals surface area contributed by atoms with Gasteiger partial charge in [-0.1, -0.05) is 51.1 Å². The molecule has 2 aliphatic carbocycles. The Bertz CT molecular complexity index is 1560. The summed E-state index contributed by atoms with van der Waals surface area (Å²) in [7, 11) is 0. The Morgan fingerprint density at radius 1 is 0.946 bits per heavy atom. The van der Waals surface area contributed by atoms with Gasteiger partial charge in [0.25, 0.3) is 0 Å². The second kappa shape index (κ2) is 8.51. The molecule has 6 heteroatoms. The summed E-state index contributed by atoms with van der Waals surface area (Å²) in [5, 5.41) is 0.816. The fraction of sp³-hybridized carbons (Fsp3) is 0.355. The number of pyridine rings is 1. The van der Waals surface area contributed by atoms with Crippen molar-refractivity contribution in [3.05, 3.63) is 77.4 Å². The van der Waals surface area contributed by atoms with E-state index in [4.69, 9.17) is 9.97 Å². The van der Waals surface area contributed by atoms with E-state index < -0.39 is 12.1 Å². The molecule has 1 saturated carbocycles. The SMILES string of the molecule is CC1(C)C(=O)CC[C@@]2(C)c3nc(-c4cc(CF)nc5ccccc45)nc(-c4ccccc4F)c3CC[C@H]12. The van der Waals surface area contributed by atoms with Gasteiger partial charge in [0.15, 0.2) is 5.82 Å². The van der Waals surface area contributed by atoms with Crippen LogP contribution in [-0.2, 0) is 23.3 Å². The molecule has 0 unspecified atom stereocenters. The summed E-state index contributed by atoms with van der Waals surface area (Å²) in [5.74, 6) is 0.488. The summed E-state index contributed by atoms with van der Waals surface area (Å²) in [6, 6.07) is 15.9. The summed E-state index contributed by atoms with van der Waals surface area (Å²) in [6.45, 7) is 5.58. The third-order valence-electron chi connectivity index (χ3n) is 8.74. The molecule has 188 valence electrons. The van der Waals surface area contributed by atoms with E-state index in [0.717, 1.165) is 23.1 Å². The van der Waals surface area contributed by atoms with Gasteiger partial charge < -0.3 is 0 Å². The molecule has 0 amide bonds. The largest absolute Gasteiger partial charge is 0.299 e. The van der Waals surface area contributed by atoms with Gasteiger partial charge in [-0.25, -0.2) is 23.7 Å². The number of hydrogen-bond donors (Lipinski definition) is 0. The highest BCUT2D eigenvalue weighted by Gasteiger charge is 2.55. The van der Waals surface area contributed by atoms with Crippen LogP contribution in [0, 0.1) is 17.2 Å². The number of ketones is 1. The average Bonchev–Trinajstić information content (AvgIpc) is 2.90. The molecule has 1 fully saturated rings. The molecule has 0 spiro atoms. The van der Waals surface area contributed by atoms with Crippen molar-refractivity contribution in [3.8, 4) is 22.6 Å². The zero-order valence-electron chi connectivity index (χ0n) is 21.3. The van der Waals surface area contributed by atoms with E-state index in [9.17, 15) is 9.18 Å². The van der Waals surface area contributed by atoms with Gasteiger partial charge in [-0.3, -0.25) is 4.79 Å². The number of para-hydroxylation sites is 1. The number of rotatable bonds is 3. The van der Waals surface area contributed by atoms with Gasteiger partial charge in [0, 0.05) is 39.3 Å². The predicted octanol–water partition coefficient (Wildman–Crippen LogP) is 7.18. The number of Topliss-reactive ketones (excluding diaryl/α,β-unsaturated/α-hetero) is 1. The number of nitrogens with zero attached hydrogens (tertiary/aromatic N) is 3. The maximum absolute atomic E-state index is 15.2. The number of carbonyl (C=O) groups is 1. The third-order valence-corrected chi connectivity index (χ3v) is 8.74. The van der Waals surface area contributed by atoms with Crippen LogP contribution in [0.3, 0.4) is 0 Å². The highest BCUT2D eigenvalue weighted by atomic mass is 19.1. The van der Waals surface area contributed by atoms with E-state index in [1.807, 2.05) is 44.2 Å². The van der Waals surface area contributed by atoms with Crippen molar-refractivity contribution in [1.82, 2.24) is 15.0 Å². The van der Waals surface area contributed by atoms with Crippen molar-refractivity contribution >= 4 is 16.7 Å². The lowest BCUT2D eigenvalue weighted by molar-refractivity contribution is -0.137. The Labute approximate surface area is 215 Å². The molecule has 4 nitrogen and oxygen atoms in total. The lowest BCUT2D eigenvalue weighted by Crippen LogP contribution is -2.52. The Morgan fingerprint density at radius 2 is 1.70 bits per heavy atom. The zero-order valence-corrected chi connectivity index (χ0v) is 21.3. The molecule has 0 radical (unpaired) electrons. The van der Waals surface area contributed by atoms with Gasteiger partial charge in [0.2, 0.25) is 0 Å². The quantitative estimate of drug-likeness (QED) is 0.301. The van der Waals surface area contributed by atoms with E-state index in [2.05, 4.69) is 11.9 Å². The smallest absolute Gasteiger partial charge is 0.160 e. The fourth-order valence-corrected chi connectivity index (χ4v) is 6.79. The standard InChI is InChI=1S/C31H29F2N3O/c1-30(2)25-13-12-21-27(20-9-4-6-10-23(20)33)35-29(36-28(21)31(25,3)15-14-26(30)37)22-16-18(17-32)34-24-11-7-5-8-19(22)24/h4-11,16,25H,12-15,17H2,1-3H3/t25-,31-/m1/s1. The van der Waals surface area contributed by atoms with Gasteiger partial charge in [0.05, 0.1) is 22.6 Å². The van der Waals surface area contributed by atoms with Gasteiger partial charge in [0.1, 0.15) is 18.3 Å². The van der Waals surface area contributed by atoms with Gasteiger partial charge >= 0.3 is 0 Å². The minimum atomic E-state index is -0.709. The first-order chi connectivity index (χ1) is 17.7. The number of fused-ring (bicyclic) bond motifs is 4. The summed E-state index contributed by atoms with van der Waals surface area (Å²) in [5.41, 5.74) is 3.64. The number of benzene rings is 2. The third kappa shape index (κ3) is 3.60. The van der Waals surface area contributed by atoms with Crippen LogP contribution in [0.25, 0.3) is 33.5 Å². The maximum atomic E-state index is 15.2. The van der Waals surface area contributed by atoms with Crippen molar-refractivity contribution < 1.29 is 13.6 Å². The molecule has 6 rings (SSSR count). The molecule has 2 aromatic heterocycles. The molecule has 2 heterocycles. The number of hydrogen-bond acceptors (Lipinski definition) is 4. The topological polar surface area (TPSA) is 55.7 Å². The van der Waals surface area contributed by atoms with Crippen LogP contribution >= 0.6 is 0 Å². The molecular formula is C31H29F2N3O. The molecule has 0 bridgehead atoms. The van der Waals surface area contributed by atoms with Gasteiger partial charge in [-0.15, -0.1) is 0 Å². The molecule has 2 atom stereocenters. The molecule has 0 aliphatic heterocycles. The van der Waals surface area contributed by atoms with Crippen molar-refractivity contribution in [2.24, 2.45) is 11.3 Å². The second-order valence-corrected chi connectivity index (χ2v) is 11.2. The lowest BCUT2D eigenvalue weighted by atomic mass is 9.51. The highest BCUT2D eigenvalue weighted by Crippen LogP contribution is 2.56. The molecule has 4 aromatic rings. The number of carbonyl (C=O) groups excluding carboxylic acids is 1. The molecule has 2 aliphatic rings. The van der Waals surface area contributed by atoms with E-state index in [0.29, 0.717) is 53.1 Å². The normalized spacial score (nSPS) is 22.5. The first kappa shape index (κ1) is 23.8. The summed E-state index contributed by atoms with van der Waals surface area (Å²) in [6.07, 6.45) is 2.66. The lowest BCUT2D eigenvalue weighted by Gasteiger charge is -2.52. The van der Waals surface area contributed by atoms with Crippen molar-refractivity contribution in [1.29, 1.82) is 0 Å². The fourth-order valence-electron chi connectivity index (χ4n) is 6.79. The Morgan fingerprint density at radius 3 is 2.49 bits per heavy atom. The van der Waals surface area contributed by atoms with Crippen LogP contribution in [0.4, 0.5) is 8.78 Å². The van der Waals surface area contributed by atoms with Gasteiger partial charge in [-0.2, -0.15) is 0 Å². The minimum Gasteiger partial charge on any atom is -0.299 e. The van der Waals surface area contributed by atoms with Crippen LogP contribution in [0.5, 0.6) is 0 Å². The van der Waals surface area contributed by atoms with Crippen LogP contribution in [0.1, 0.15) is 57.0 Å². The van der Waals surface area contributed by atoms with E-state index in [1.165, 1.54) is 6.07 Å². The monoisotopic (exact) mass is 497 g/mol. The first-order valence-corrected chi connectivity index (χ1v) is 12.9. The van der Waals surface area contributed by atoms with Crippen LogP contribution in [0.2, 0.25) is 0 Å². The highest BCUT2D eigenvalue weighted by molar-refractivity contribution is 5.93. The summed E-state index contributed by atoms with van der Waals surface area (Å²) < 4.78 is 29.0. The number of halogens is 2. The van der Waals surface area contributed by atoms with Crippen LogP contribution < -0.4 is 0 Å². The average molecular weight is 498 g/mol. The Balaban J connectivity index is 1.67. The van der Waals surface area contributed by atoms with Crippen LogP contribution in [0.15, 0.2) is 54.6 Å². The van der Waals surface area contributed by atoms with Crippen LogP contribution in [-0.4, -0.2) is 20.7 Å². The maximum Gasteiger partial charge on any atom is 0.160 e. The molecule has 37 heavy (non-hydrogen) atoms. The summed E-state index contributed by atoms with van der Waals surface area (Å²) >= 11 is 0. The summed E-state index contributed by atoms with van der Waals surface area (Å²) in [4.78, 5) is 27.5. The zero-order chi connectivity index (χ0) is 25.9. The Hall–Kier alpha value is -3.54. The van der Waals surface area contributed by atoms with Crippen molar-refractivity contribution in [2.45, 2.75) is 58.5 Å². The molecule has 0 N–H and O–H groups in total. The van der Waals surface area contributed by atoms with Gasteiger partial charge in [-0.05, 0) is 49.4 Å². The molecule has 0 saturated heterocycles. The van der Waals surface area contributed by atoms with Crippen molar-refractivity contribution in [2.75, 3.05) is 0 Å². The number of alkyl halides is 1. The van der Waals surface area contributed by atoms with Crippen molar-refractivity contribution in [3.63, 3.8) is 0 Å². The van der Waals surface area contributed by atoms with E-state index in [1.54, 1.807) is 18.2 Å². The second-order valence-electron chi connectivity index (χ2n) is 11.2. The minimum absolute atomic E-state index is 0.112. The van der Waals surface area contributed by atoms with E-state index in [-0.39, 0.29) is 22.9 Å². The predicted molar refractivity (Wildman–Crippen MR) is 140 cm³/mol. The van der Waals surface area contributed by atoms with E-state index >= 15 is 4.39 Å². The number of aromatic nitrogens is 3. The molecule has 2 aromatic carbocycles. The Kier molecular flexibility index (Phi) is 5.48. The molecular weight excluding hydrogens is 468 g/mol.